The van der Waals surface area contributed by atoms with Gasteiger partial charge in [-0.1, -0.05) is 0 Å². The molecule has 1 atom stereocenters. The SMILES string of the molecule is CCOc1cc(C)c([C@H](C)N)cn1. The van der Waals surface area contributed by atoms with Crippen LogP contribution in [-0.2, 0) is 0 Å². The fourth-order valence-electron chi connectivity index (χ4n) is 1.24. The molecule has 3 nitrogen and oxygen atoms in total. The van der Waals surface area contributed by atoms with Crippen LogP contribution in [0, 0.1) is 6.92 Å². The molecule has 0 aliphatic heterocycles. The van der Waals surface area contributed by atoms with E-state index in [9.17, 15) is 0 Å². The average Bonchev–Trinajstić information content (AvgIpc) is 2.04. The molecule has 13 heavy (non-hydrogen) atoms. The third kappa shape index (κ3) is 2.42. The van der Waals surface area contributed by atoms with Gasteiger partial charge < -0.3 is 10.5 Å². The lowest BCUT2D eigenvalue weighted by atomic mass is 10.1. The minimum atomic E-state index is 0.0307. The van der Waals surface area contributed by atoms with Gasteiger partial charge in [-0.25, -0.2) is 4.98 Å². The van der Waals surface area contributed by atoms with E-state index in [1.54, 1.807) is 6.20 Å². The highest BCUT2D eigenvalue weighted by Crippen LogP contribution is 2.17. The van der Waals surface area contributed by atoms with Crippen LogP contribution in [0.25, 0.3) is 0 Å². The maximum absolute atomic E-state index is 5.76. The molecule has 1 heterocycles. The summed E-state index contributed by atoms with van der Waals surface area (Å²) in [6.07, 6.45) is 1.78. The van der Waals surface area contributed by atoms with E-state index in [-0.39, 0.29) is 6.04 Å². The maximum Gasteiger partial charge on any atom is 0.213 e. The monoisotopic (exact) mass is 180 g/mol. The van der Waals surface area contributed by atoms with E-state index in [1.165, 1.54) is 0 Å². The first-order chi connectivity index (χ1) is 6.15. The van der Waals surface area contributed by atoms with Gasteiger partial charge in [-0.2, -0.15) is 0 Å². The lowest BCUT2D eigenvalue weighted by molar-refractivity contribution is 0.326. The van der Waals surface area contributed by atoms with Gasteiger partial charge in [0, 0.05) is 18.3 Å². The summed E-state index contributed by atoms with van der Waals surface area (Å²) in [5, 5.41) is 0. The van der Waals surface area contributed by atoms with Crippen LogP contribution in [0.15, 0.2) is 12.3 Å². The Kier molecular flexibility index (Phi) is 3.25. The predicted octanol–water partition coefficient (Wildman–Crippen LogP) is 1.81. The molecule has 0 bridgehead atoms. The van der Waals surface area contributed by atoms with Crippen LogP contribution in [0.1, 0.15) is 31.0 Å². The summed E-state index contributed by atoms with van der Waals surface area (Å²) < 4.78 is 5.27. The largest absolute Gasteiger partial charge is 0.478 e. The first-order valence-electron chi connectivity index (χ1n) is 4.50. The highest BCUT2D eigenvalue weighted by Gasteiger charge is 2.05. The second-order valence-corrected chi connectivity index (χ2v) is 3.10. The summed E-state index contributed by atoms with van der Waals surface area (Å²) in [4.78, 5) is 4.15. The molecule has 0 saturated heterocycles. The molecule has 0 unspecified atom stereocenters. The van der Waals surface area contributed by atoms with E-state index in [0.29, 0.717) is 12.5 Å². The van der Waals surface area contributed by atoms with Crippen molar-refractivity contribution in [2.45, 2.75) is 26.8 Å². The predicted molar refractivity (Wildman–Crippen MR) is 52.7 cm³/mol. The number of nitrogens with two attached hydrogens (primary N) is 1. The third-order valence-corrected chi connectivity index (χ3v) is 1.91. The Balaban J connectivity index is 2.92. The van der Waals surface area contributed by atoms with Gasteiger partial charge in [-0.15, -0.1) is 0 Å². The van der Waals surface area contributed by atoms with Crippen LogP contribution in [0.4, 0.5) is 0 Å². The van der Waals surface area contributed by atoms with E-state index in [4.69, 9.17) is 10.5 Å². The number of nitrogens with zero attached hydrogens (tertiary/aromatic N) is 1. The molecule has 1 aromatic heterocycles. The van der Waals surface area contributed by atoms with Crippen LogP contribution < -0.4 is 10.5 Å². The first-order valence-corrected chi connectivity index (χ1v) is 4.50. The van der Waals surface area contributed by atoms with Crippen molar-refractivity contribution in [2.75, 3.05) is 6.61 Å². The fourth-order valence-corrected chi connectivity index (χ4v) is 1.24. The Morgan fingerprint density at radius 3 is 2.77 bits per heavy atom. The number of aromatic nitrogens is 1. The van der Waals surface area contributed by atoms with Gasteiger partial charge >= 0.3 is 0 Å². The Labute approximate surface area is 78.9 Å². The molecule has 0 aliphatic carbocycles. The second-order valence-electron chi connectivity index (χ2n) is 3.10. The molecule has 2 N–H and O–H groups in total. The highest BCUT2D eigenvalue weighted by molar-refractivity contribution is 5.29. The zero-order valence-corrected chi connectivity index (χ0v) is 8.37. The van der Waals surface area contributed by atoms with Crippen molar-refractivity contribution in [1.29, 1.82) is 0 Å². The molecule has 1 aromatic rings. The average molecular weight is 180 g/mol. The number of hydrogen-bond acceptors (Lipinski definition) is 3. The molecule has 0 aliphatic rings. The Morgan fingerprint density at radius 1 is 1.62 bits per heavy atom. The van der Waals surface area contributed by atoms with Gasteiger partial charge in [-0.05, 0) is 31.9 Å². The van der Waals surface area contributed by atoms with E-state index in [2.05, 4.69) is 4.98 Å². The zero-order valence-electron chi connectivity index (χ0n) is 8.37. The Hall–Kier alpha value is -1.09. The van der Waals surface area contributed by atoms with Crippen LogP contribution in [0.2, 0.25) is 0 Å². The smallest absolute Gasteiger partial charge is 0.213 e. The van der Waals surface area contributed by atoms with E-state index in [0.717, 1.165) is 11.1 Å². The number of aryl methyl sites for hydroxylation is 1. The summed E-state index contributed by atoms with van der Waals surface area (Å²) in [7, 11) is 0. The Bertz CT molecular complexity index is 284. The number of rotatable bonds is 3. The van der Waals surface area contributed by atoms with Crippen molar-refractivity contribution in [3.05, 3.63) is 23.4 Å². The van der Waals surface area contributed by atoms with Crippen molar-refractivity contribution in [2.24, 2.45) is 5.73 Å². The van der Waals surface area contributed by atoms with Crippen LogP contribution in [0.5, 0.6) is 5.88 Å². The van der Waals surface area contributed by atoms with Crippen LogP contribution in [0.3, 0.4) is 0 Å². The lowest BCUT2D eigenvalue weighted by Gasteiger charge is -2.10. The molecule has 0 amide bonds. The van der Waals surface area contributed by atoms with Crippen LogP contribution >= 0.6 is 0 Å². The molecule has 0 saturated carbocycles. The van der Waals surface area contributed by atoms with Crippen molar-refractivity contribution in [1.82, 2.24) is 4.98 Å². The first kappa shape index (κ1) is 9.99. The summed E-state index contributed by atoms with van der Waals surface area (Å²) in [5.41, 5.74) is 7.96. The van der Waals surface area contributed by atoms with Crippen molar-refractivity contribution >= 4 is 0 Å². The number of pyridine rings is 1. The zero-order chi connectivity index (χ0) is 9.84. The summed E-state index contributed by atoms with van der Waals surface area (Å²) in [5.74, 6) is 0.671. The summed E-state index contributed by atoms with van der Waals surface area (Å²) in [6.45, 7) is 6.55. The number of ether oxygens (including phenoxy) is 1. The highest BCUT2D eigenvalue weighted by atomic mass is 16.5. The minimum Gasteiger partial charge on any atom is -0.478 e. The van der Waals surface area contributed by atoms with Gasteiger partial charge in [0.25, 0.3) is 0 Å². The van der Waals surface area contributed by atoms with Crippen molar-refractivity contribution in [3.63, 3.8) is 0 Å². The second kappa shape index (κ2) is 4.23. The van der Waals surface area contributed by atoms with E-state index >= 15 is 0 Å². The van der Waals surface area contributed by atoms with Crippen molar-refractivity contribution < 1.29 is 4.74 Å². The Morgan fingerprint density at radius 2 is 2.31 bits per heavy atom. The standard InChI is InChI=1S/C10H16N2O/c1-4-13-10-5-7(2)9(6-12-10)8(3)11/h5-6,8H,4,11H2,1-3H3/t8-/m0/s1. The minimum absolute atomic E-state index is 0.0307. The molecule has 72 valence electrons. The topological polar surface area (TPSA) is 48.1 Å². The van der Waals surface area contributed by atoms with Gasteiger partial charge in [-0.3, -0.25) is 0 Å². The molecular formula is C10H16N2O. The molecule has 3 heteroatoms. The van der Waals surface area contributed by atoms with E-state index < -0.39 is 0 Å². The molecule has 0 fully saturated rings. The fraction of sp³-hybridized carbons (Fsp3) is 0.500. The lowest BCUT2D eigenvalue weighted by Crippen LogP contribution is -2.08. The van der Waals surface area contributed by atoms with Gasteiger partial charge in [0.05, 0.1) is 6.61 Å². The van der Waals surface area contributed by atoms with E-state index in [1.807, 2.05) is 26.8 Å². The third-order valence-electron chi connectivity index (χ3n) is 1.91. The molecule has 1 rings (SSSR count). The number of hydrogen-bond donors (Lipinski definition) is 1. The normalized spacial score (nSPS) is 12.6. The maximum atomic E-state index is 5.76. The quantitative estimate of drug-likeness (QED) is 0.771. The van der Waals surface area contributed by atoms with Gasteiger partial charge in [0.1, 0.15) is 0 Å². The van der Waals surface area contributed by atoms with Crippen molar-refractivity contribution in [3.8, 4) is 5.88 Å². The summed E-state index contributed by atoms with van der Waals surface area (Å²) >= 11 is 0. The molecule has 0 aromatic carbocycles. The molecular weight excluding hydrogens is 164 g/mol. The molecule has 0 radical (unpaired) electrons. The van der Waals surface area contributed by atoms with Gasteiger partial charge in [0.15, 0.2) is 0 Å². The molecule has 0 spiro atoms. The summed E-state index contributed by atoms with van der Waals surface area (Å²) in [6, 6.07) is 1.95. The van der Waals surface area contributed by atoms with Gasteiger partial charge in [0.2, 0.25) is 5.88 Å². The van der Waals surface area contributed by atoms with Crippen LogP contribution in [-0.4, -0.2) is 11.6 Å².